The standard InChI is InChI=1S/C7H4F2O3/c8-4-2-6(10)5(9)1-3(4)7(11)12/h1-2,10H,(H,11,12). The normalized spacial score (nSPS) is 9.83. The monoisotopic (exact) mass is 174 g/mol. The molecule has 0 heterocycles. The van der Waals surface area contributed by atoms with Crippen LogP contribution in [0.1, 0.15) is 10.4 Å². The largest absolute Gasteiger partial charge is 0.505 e. The molecule has 0 bridgehead atoms. The number of aromatic hydroxyl groups is 1. The van der Waals surface area contributed by atoms with Crippen molar-refractivity contribution in [3.63, 3.8) is 0 Å². The highest BCUT2D eigenvalue weighted by atomic mass is 19.1. The van der Waals surface area contributed by atoms with Crippen LogP contribution in [0, 0.1) is 11.6 Å². The molecule has 1 rings (SSSR count). The molecular weight excluding hydrogens is 170 g/mol. The van der Waals surface area contributed by atoms with Gasteiger partial charge in [0.25, 0.3) is 0 Å². The van der Waals surface area contributed by atoms with E-state index in [1.54, 1.807) is 0 Å². The number of halogens is 2. The summed E-state index contributed by atoms with van der Waals surface area (Å²) in [5, 5.41) is 16.9. The van der Waals surface area contributed by atoms with Crippen molar-refractivity contribution in [1.29, 1.82) is 0 Å². The minimum absolute atomic E-state index is 0.415. The molecule has 0 atom stereocenters. The fourth-order valence-electron chi connectivity index (χ4n) is 0.700. The van der Waals surface area contributed by atoms with Gasteiger partial charge in [-0.15, -0.1) is 0 Å². The molecule has 12 heavy (non-hydrogen) atoms. The number of carboxylic acids is 1. The molecule has 0 saturated carbocycles. The summed E-state index contributed by atoms with van der Waals surface area (Å²) in [5.74, 6) is -4.81. The van der Waals surface area contributed by atoms with Crippen LogP contribution in [0.3, 0.4) is 0 Å². The quantitative estimate of drug-likeness (QED) is 0.675. The molecule has 0 unspecified atom stereocenters. The van der Waals surface area contributed by atoms with Crippen molar-refractivity contribution in [2.45, 2.75) is 0 Å². The zero-order chi connectivity index (χ0) is 9.30. The maximum atomic E-state index is 12.6. The predicted molar refractivity (Wildman–Crippen MR) is 35.0 cm³/mol. The first-order valence-corrected chi connectivity index (χ1v) is 2.93. The Kier molecular flexibility index (Phi) is 1.95. The zero-order valence-electron chi connectivity index (χ0n) is 5.71. The van der Waals surface area contributed by atoms with Gasteiger partial charge in [-0.2, -0.15) is 0 Å². The van der Waals surface area contributed by atoms with E-state index in [9.17, 15) is 13.6 Å². The van der Waals surface area contributed by atoms with Crippen molar-refractivity contribution < 1.29 is 23.8 Å². The first-order chi connectivity index (χ1) is 5.52. The fourth-order valence-corrected chi connectivity index (χ4v) is 0.700. The van der Waals surface area contributed by atoms with Crippen molar-refractivity contribution in [3.8, 4) is 5.75 Å². The summed E-state index contributed by atoms with van der Waals surface area (Å²) < 4.78 is 25.0. The Morgan fingerprint density at radius 1 is 1.25 bits per heavy atom. The third-order valence-electron chi connectivity index (χ3n) is 1.27. The van der Waals surface area contributed by atoms with Gasteiger partial charge in [-0.25, -0.2) is 13.6 Å². The van der Waals surface area contributed by atoms with E-state index in [-0.39, 0.29) is 0 Å². The van der Waals surface area contributed by atoms with Gasteiger partial charge in [-0.3, -0.25) is 0 Å². The van der Waals surface area contributed by atoms with E-state index in [4.69, 9.17) is 10.2 Å². The van der Waals surface area contributed by atoms with E-state index < -0.39 is 28.9 Å². The van der Waals surface area contributed by atoms with Crippen LogP contribution in [0.2, 0.25) is 0 Å². The number of benzene rings is 1. The summed E-state index contributed by atoms with van der Waals surface area (Å²) in [5.41, 5.74) is -0.801. The van der Waals surface area contributed by atoms with Gasteiger partial charge in [-0.1, -0.05) is 0 Å². The maximum Gasteiger partial charge on any atom is 0.338 e. The second-order valence-electron chi connectivity index (χ2n) is 2.09. The zero-order valence-corrected chi connectivity index (χ0v) is 5.71. The fraction of sp³-hybridized carbons (Fsp3) is 0. The molecule has 0 saturated heterocycles. The molecule has 64 valence electrons. The van der Waals surface area contributed by atoms with E-state index in [2.05, 4.69) is 0 Å². The highest BCUT2D eigenvalue weighted by molar-refractivity contribution is 5.88. The van der Waals surface area contributed by atoms with Crippen LogP contribution in [-0.4, -0.2) is 16.2 Å². The molecule has 0 aliphatic rings. The molecule has 2 N–H and O–H groups in total. The highest BCUT2D eigenvalue weighted by Crippen LogP contribution is 2.19. The van der Waals surface area contributed by atoms with Gasteiger partial charge in [-0.05, 0) is 6.07 Å². The lowest BCUT2D eigenvalue weighted by molar-refractivity contribution is 0.0691. The predicted octanol–water partition coefficient (Wildman–Crippen LogP) is 1.37. The number of aromatic carboxylic acids is 1. The number of carbonyl (C=O) groups is 1. The number of phenolic OH excluding ortho intramolecular Hbond substituents is 1. The van der Waals surface area contributed by atoms with Crippen molar-refractivity contribution in [2.75, 3.05) is 0 Å². The second-order valence-corrected chi connectivity index (χ2v) is 2.09. The lowest BCUT2D eigenvalue weighted by Crippen LogP contribution is -2.01. The van der Waals surface area contributed by atoms with Crippen molar-refractivity contribution in [1.82, 2.24) is 0 Å². The lowest BCUT2D eigenvalue weighted by atomic mass is 10.2. The molecule has 0 spiro atoms. The average Bonchev–Trinajstić information content (AvgIpc) is 1.96. The summed E-state index contributed by atoms with van der Waals surface area (Å²) in [7, 11) is 0. The van der Waals surface area contributed by atoms with E-state index in [1.165, 1.54) is 0 Å². The Bertz CT molecular complexity index is 336. The van der Waals surface area contributed by atoms with Gasteiger partial charge >= 0.3 is 5.97 Å². The Balaban J connectivity index is 3.33. The van der Waals surface area contributed by atoms with Gasteiger partial charge in [0.05, 0.1) is 5.56 Å². The lowest BCUT2D eigenvalue weighted by Gasteiger charge is -1.98. The molecule has 0 aliphatic heterocycles. The van der Waals surface area contributed by atoms with Gasteiger partial charge < -0.3 is 10.2 Å². The van der Waals surface area contributed by atoms with Crippen LogP contribution in [0.25, 0.3) is 0 Å². The highest BCUT2D eigenvalue weighted by Gasteiger charge is 2.14. The SMILES string of the molecule is O=C(O)c1cc(F)c(O)cc1F. The van der Waals surface area contributed by atoms with E-state index in [0.717, 1.165) is 0 Å². The minimum atomic E-state index is -1.58. The Hall–Kier alpha value is -1.65. The topological polar surface area (TPSA) is 57.5 Å². The van der Waals surface area contributed by atoms with Crippen molar-refractivity contribution in [2.24, 2.45) is 0 Å². The summed E-state index contributed by atoms with van der Waals surface area (Å²) in [6.07, 6.45) is 0. The third kappa shape index (κ3) is 1.34. The number of rotatable bonds is 1. The second kappa shape index (κ2) is 2.77. The molecule has 1 aromatic carbocycles. The van der Waals surface area contributed by atoms with Crippen molar-refractivity contribution in [3.05, 3.63) is 29.3 Å². The Morgan fingerprint density at radius 3 is 2.33 bits per heavy atom. The smallest absolute Gasteiger partial charge is 0.338 e. The number of hydrogen-bond acceptors (Lipinski definition) is 2. The Labute approximate surface area is 65.9 Å². The molecule has 0 radical (unpaired) electrons. The first kappa shape index (κ1) is 8.45. The number of hydrogen-bond donors (Lipinski definition) is 2. The summed E-state index contributed by atoms with van der Waals surface area (Å²) in [6, 6.07) is 0.839. The van der Waals surface area contributed by atoms with E-state index in [1.807, 2.05) is 0 Å². The number of carboxylic acid groups (broad SMARTS) is 1. The molecule has 3 nitrogen and oxygen atoms in total. The molecule has 0 amide bonds. The minimum Gasteiger partial charge on any atom is -0.505 e. The van der Waals surface area contributed by atoms with E-state index >= 15 is 0 Å². The van der Waals surface area contributed by atoms with Gasteiger partial charge in [0.2, 0.25) is 0 Å². The van der Waals surface area contributed by atoms with Crippen LogP contribution < -0.4 is 0 Å². The summed E-state index contributed by atoms with van der Waals surface area (Å²) in [4.78, 5) is 10.2. The summed E-state index contributed by atoms with van der Waals surface area (Å²) >= 11 is 0. The molecule has 0 aliphatic carbocycles. The van der Waals surface area contributed by atoms with Crippen LogP contribution in [-0.2, 0) is 0 Å². The van der Waals surface area contributed by atoms with Crippen molar-refractivity contribution >= 4 is 5.97 Å². The molecule has 1 aromatic rings. The average molecular weight is 174 g/mol. The van der Waals surface area contributed by atoms with Gasteiger partial charge in [0.1, 0.15) is 5.82 Å². The van der Waals surface area contributed by atoms with E-state index in [0.29, 0.717) is 12.1 Å². The van der Waals surface area contributed by atoms with Crippen LogP contribution in [0.4, 0.5) is 8.78 Å². The Morgan fingerprint density at radius 2 is 1.83 bits per heavy atom. The molecular formula is C7H4F2O3. The maximum absolute atomic E-state index is 12.6. The third-order valence-corrected chi connectivity index (χ3v) is 1.27. The van der Waals surface area contributed by atoms with Gasteiger partial charge in [0.15, 0.2) is 11.6 Å². The first-order valence-electron chi connectivity index (χ1n) is 2.93. The van der Waals surface area contributed by atoms with Crippen LogP contribution in [0.5, 0.6) is 5.75 Å². The molecule has 0 aromatic heterocycles. The van der Waals surface area contributed by atoms with Crippen LogP contribution >= 0.6 is 0 Å². The van der Waals surface area contributed by atoms with Crippen LogP contribution in [0.15, 0.2) is 12.1 Å². The molecule has 0 fully saturated rings. The molecule has 5 heteroatoms. The van der Waals surface area contributed by atoms with Gasteiger partial charge in [0, 0.05) is 6.07 Å². The summed E-state index contributed by atoms with van der Waals surface area (Å²) in [6.45, 7) is 0. The number of phenols is 1.